The third-order valence-corrected chi connectivity index (χ3v) is 3.43. The summed E-state index contributed by atoms with van der Waals surface area (Å²) >= 11 is 5.34. The molecule has 1 N–H and O–H groups in total. The summed E-state index contributed by atoms with van der Waals surface area (Å²) in [6.45, 7) is 1.98. The minimum Gasteiger partial charge on any atom is -0.342 e. The lowest BCUT2D eigenvalue weighted by molar-refractivity contribution is 0.899. The van der Waals surface area contributed by atoms with Crippen molar-refractivity contribution in [2.45, 2.75) is 26.2 Å². The van der Waals surface area contributed by atoms with E-state index in [1.807, 2.05) is 25.1 Å². The number of hydrogen-bond donors (Lipinski definition) is 1. The summed E-state index contributed by atoms with van der Waals surface area (Å²) < 4.78 is 0.731. The minimum absolute atomic E-state index is 0.731. The zero-order chi connectivity index (χ0) is 11.8. The van der Waals surface area contributed by atoms with Crippen LogP contribution in [-0.2, 0) is 12.8 Å². The van der Waals surface area contributed by atoms with Crippen LogP contribution in [0.5, 0.6) is 0 Å². The van der Waals surface area contributed by atoms with Gasteiger partial charge >= 0.3 is 0 Å². The lowest BCUT2D eigenvalue weighted by Gasteiger charge is -2.05. The van der Waals surface area contributed by atoms with Crippen molar-refractivity contribution >= 4 is 12.2 Å². The molecule has 0 aliphatic heterocycles. The largest absolute Gasteiger partial charge is 0.342 e. The zero-order valence-electron chi connectivity index (χ0n) is 9.66. The van der Waals surface area contributed by atoms with Gasteiger partial charge in [0.25, 0.3) is 0 Å². The first-order chi connectivity index (χ1) is 8.24. The minimum atomic E-state index is 0.731. The smallest absolute Gasteiger partial charge is 0.157 e. The maximum absolute atomic E-state index is 5.34. The number of aryl methyl sites for hydroxylation is 2. The molecule has 0 amide bonds. The molecular formula is C13H13N3S. The Labute approximate surface area is 105 Å². The number of hydrogen-bond acceptors (Lipinski definition) is 3. The van der Waals surface area contributed by atoms with E-state index in [1.54, 1.807) is 0 Å². The number of H-pyrrole nitrogens is 1. The van der Waals surface area contributed by atoms with Gasteiger partial charge in [-0.25, -0.2) is 9.97 Å². The van der Waals surface area contributed by atoms with E-state index in [4.69, 9.17) is 12.2 Å². The molecule has 1 aliphatic rings. The number of fused-ring (bicyclic) bond motifs is 1. The topological polar surface area (TPSA) is 41.6 Å². The molecule has 0 aromatic carbocycles. The fourth-order valence-corrected chi connectivity index (χ4v) is 2.57. The molecule has 2 heterocycles. The molecule has 0 radical (unpaired) electrons. The van der Waals surface area contributed by atoms with E-state index in [1.165, 1.54) is 17.7 Å². The van der Waals surface area contributed by atoms with Crippen molar-refractivity contribution < 1.29 is 0 Å². The van der Waals surface area contributed by atoms with E-state index in [0.29, 0.717) is 0 Å². The van der Waals surface area contributed by atoms with Crippen LogP contribution < -0.4 is 0 Å². The molecule has 3 rings (SSSR count). The highest BCUT2D eigenvalue weighted by Crippen LogP contribution is 2.23. The van der Waals surface area contributed by atoms with E-state index in [2.05, 4.69) is 15.0 Å². The Kier molecular flexibility index (Phi) is 2.52. The third-order valence-electron chi connectivity index (χ3n) is 3.09. The molecule has 0 spiro atoms. The van der Waals surface area contributed by atoms with E-state index >= 15 is 0 Å². The van der Waals surface area contributed by atoms with Crippen LogP contribution in [0.1, 0.15) is 23.4 Å². The Morgan fingerprint density at radius 1 is 1.24 bits per heavy atom. The van der Waals surface area contributed by atoms with Crippen LogP contribution in [0, 0.1) is 11.6 Å². The molecule has 3 nitrogen and oxygen atoms in total. The maximum atomic E-state index is 5.34. The molecule has 0 saturated heterocycles. The van der Waals surface area contributed by atoms with Crippen LogP contribution in [0.2, 0.25) is 0 Å². The highest BCUT2D eigenvalue weighted by Gasteiger charge is 2.15. The van der Waals surface area contributed by atoms with Gasteiger partial charge < -0.3 is 4.98 Å². The van der Waals surface area contributed by atoms with Gasteiger partial charge in [0.15, 0.2) is 5.82 Å². The molecule has 0 bridgehead atoms. The standard InChI is InChI=1S/C13H13N3S/c1-8-4-2-7-11(14-8)12-15-10-6-3-5-9(10)13(17)16-12/h2,4,7H,3,5-6H2,1H3,(H,15,16,17). The number of rotatable bonds is 1. The fraction of sp³-hybridized carbons (Fsp3) is 0.308. The van der Waals surface area contributed by atoms with Crippen molar-refractivity contribution in [1.82, 2.24) is 15.0 Å². The quantitative estimate of drug-likeness (QED) is 0.783. The molecule has 0 atom stereocenters. The van der Waals surface area contributed by atoms with Gasteiger partial charge in [0.1, 0.15) is 10.3 Å². The van der Waals surface area contributed by atoms with Gasteiger partial charge in [-0.3, -0.25) is 0 Å². The monoisotopic (exact) mass is 243 g/mol. The molecule has 2 aromatic rings. The summed E-state index contributed by atoms with van der Waals surface area (Å²) in [5.74, 6) is 0.791. The number of aromatic amines is 1. The molecule has 0 saturated carbocycles. The summed E-state index contributed by atoms with van der Waals surface area (Å²) in [7, 11) is 0. The first-order valence-electron chi connectivity index (χ1n) is 5.80. The van der Waals surface area contributed by atoms with E-state index < -0.39 is 0 Å². The second kappa shape index (κ2) is 4.04. The number of pyridine rings is 1. The Balaban J connectivity index is 2.16. The van der Waals surface area contributed by atoms with Crippen molar-refractivity contribution in [3.8, 4) is 11.5 Å². The van der Waals surface area contributed by atoms with E-state index in [9.17, 15) is 0 Å². The van der Waals surface area contributed by atoms with Crippen molar-refractivity contribution in [3.05, 3.63) is 39.8 Å². The summed E-state index contributed by atoms with van der Waals surface area (Å²) in [5.41, 5.74) is 4.31. The van der Waals surface area contributed by atoms with Crippen LogP contribution in [-0.4, -0.2) is 15.0 Å². The molecule has 1 aliphatic carbocycles. The van der Waals surface area contributed by atoms with Gasteiger partial charge in [0.2, 0.25) is 0 Å². The first-order valence-corrected chi connectivity index (χ1v) is 6.21. The van der Waals surface area contributed by atoms with Gasteiger partial charge in [-0.05, 0) is 38.3 Å². The molecule has 2 aromatic heterocycles. The Bertz CT molecular complexity index is 631. The maximum Gasteiger partial charge on any atom is 0.157 e. The average molecular weight is 243 g/mol. The van der Waals surface area contributed by atoms with Crippen LogP contribution >= 0.6 is 12.2 Å². The third kappa shape index (κ3) is 1.89. The predicted octanol–water partition coefficient (Wildman–Crippen LogP) is 3.00. The Morgan fingerprint density at radius 2 is 2.12 bits per heavy atom. The highest BCUT2D eigenvalue weighted by atomic mass is 32.1. The Hall–Kier alpha value is -1.55. The average Bonchev–Trinajstić information content (AvgIpc) is 2.77. The van der Waals surface area contributed by atoms with Crippen molar-refractivity contribution in [1.29, 1.82) is 0 Å². The van der Waals surface area contributed by atoms with Gasteiger partial charge in [0.05, 0.1) is 0 Å². The molecule has 0 fully saturated rings. The van der Waals surface area contributed by atoms with Gasteiger partial charge in [-0.15, -0.1) is 0 Å². The van der Waals surface area contributed by atoms with Crippen molar-refractivity contribution in [3.63, 3.8) is 0 Å². The normalized spacial score (nSPS) is 13.7. The lowest BCUT2D eigenvalue weighted by Crippen LogP contribution is -1.99. The number of nitrogens with zero attached hydrogens (tertiary/aromatic N) is 2. The highest BCUT2D eigenvalue weighted by molar-refractivity contribution is 7.71. The summed E-state index contributed by atoms with van der Waals surface area (Å²) in [4.78, 5) is 12.3. The zero-order valence-corrected chi connectivity index (χ0v) is 10.5. The molecular weight excluding hydrogens is 230 g/mol. The summed E-state index contributed by atoms with van der Waals surface area (Å²) in [5, 5.41) is 0. The SMILES string of the molecule is Cc1cccc(-c2nc(=S)c3c([nH]2)CCC3)n1. The van der Waals surface area contributed by atoms with E-state index in [-0.39, 0.29) is 0 Å². The molecule has 86 valence electrons. The second-order valence-electron chi connectivity index (χ2n) is 4.37. The van der Waals surface area contributed by atoms with Crippen LogP contribution in [0.15, 0.2) is 18.2 Å². The van der Waals surface area contributed by atoms with Crippen LogP contribution in [0.4, 0.5) is 0 Å². The number of nitrogens with one attached hydrogen (secondary N) is 1. The molecule has 4 heteroatoms. The predicted molar refractivity (Wildman–Crippen MR) is 69.4 cm³/mol. The van der Waals surface area contributed by atoms with Gasteiger partial charge in [0, 0.05) is 17.0 Å². The van der Waals surface area contributed by atoms with Crippen molar-refractivity contribution in [2.75, 3.05) is 0 Å². The van der Waals surface area contributed by atoms with Crippen LogP contribution in [0.25, 0.3) is 11.5 Å². The molecule has 0 unspecified atom stereocenters. The second-order valence-corrected chi connectivity index (χ2v) is 4.75. The summed E-state index contributed by atoms with van der Waals surface area (Å²) in [6.07, 6.45) is 3.29. The number of aromatic nitrogens is 3. The summed E-state index contributed by atoms with van der Waals surface area (Å²) in [6, 6.07) is 5.93. The van der Waals surface area contributed by atoms with Crippen molar-refractivity contribution in [2.24, 2.45) is 0 Å². The lowest BCUT2D eigenvalue weighted by atomic mass is 10.2. The Morgan fingerprint density at radius 3 is 2.94 bits per heavy atom. The first kappa shape index (κ1) is 10.6. The van der Waals surface area contributed by atoms with Crippen LogP contribution in [0.3, 0.4) is 0 Å². The molecule has 17 heavy (non-hydrogen) atoms. The van der Waals surface area contributed by atoms with Gasteiger partial charge in [-0.1, -0.05) is 18.3 Å². The fourth-order valence-electron chi connectivity index (χ4n) is 2.25. The van der Waals surface area contributed by atoms with Gasteiger partial charge in [-0.2, -0.15) is 0 Å². The van der Waals surface area contributed by atoms with E-state index in [0.717, 1.165) is 34.7 Å².